The molecule has 1 rings (SSSR count). The van der Waals surface area contributed by atoms with Crippen molar-refractivity contribution in [1.82, 2.24) is 5.32 Å². The number of hydrogen-bond acceptors (Lipinski definition) is 2. The van der Waals surface area contributed by atoms with E-state index >= 15 is 0 Å². The number of hydrogen-bond donors (Lipinski definition) is 2. The Kier molecular flexibility index (Phi) is 5.41. The molecule has 0 fully saturated rings. The highest BCUT2D eigenvalue weighted by atomic mass is 19.1. The van der Waals surface area contributed by atoms with Crippen molar-refractivity contribution < 1.29 is 23.5 Å². The third kappa shape index (κ3) is 4.31. The quantitative estimate of drug-likeness (QED) is 0.778. The number of aliphatic carboxylic acids is 1. The molecule has 2 N–H and O–H groups in total. The number of rotatable bonds is 6. The Morgan fingerprint density at radius 3 is 2.42 bits per heavy atom. The molecule has 0 heterocycles. The number of carboxylic acid groups (broad SMARTS) is 1. The van der Waals surface area contributed by atoms with E-state index in [1.807, 2.05) is 0 Å². The minimum atomic E-state index is -0.967. The van der Waals surface area contributed by atoms with Crippen LogP contribution in [-0.2, 0) is 9.59 Å². The number of nitrogens with one attached hydrogen (secondary N) is 1. The van der Waals surface area contributed by atoms with Crippen molar-refractivity contribution in [2.24, 2.45) is 0 Å². The number of halogens is 2. The Morgan fingerprint density at radius 2 is 1.89 bits per heavy atom. The molecule has 4 nitrogen and oxygen atoms in total. The van der Waals surface area contributed by atoms with Gasteiger partial charge in [-0.2, -0.15) is 0 Å². The molecule has 6 heteroatoms. The molecule has 1 aromatic rings. The standard InChI is InChI=1S/C13H15F2NO3/c1-8(12-9(14)4-2-5-10(12)15)13(19)16-7-3-6-11(17)18/h2,4-5,8H,3,6-7H2,1H3,(H,16,19)(H,17,18). The zero-order valence-corrected chi connectivity index (χ0v) is 10.5. The van der Waals surface area contributed by atoms with Crippen molar-refractivity contribution >= 4 is 11.9 Å². The number of carbonyl (C=O) groups is 2. The molecule has 104 valence electrons. The van der Waals surface area contributed by atoms with Gasteiger partial charge in [0.1, 0.15) is 11.6 Å². The van der Waals surface area contributed by atoms with Gasteiger partial charge in [0, 0.05) is 18.5 Å². The highest BCUT2D eigenvalue weighted by Gasteiger charge is 2.22. The van der Waals surface area contributed by atoms with E-state index in [9.17, 15) is 18.4 Å². The van der Waals surface area contributed by atoms with Crippen molar-refractivity contribution in [3.05, 3.63) is 35.4 Å². The molecule has 1 unspecified atom stereocenters. The third-order valence-corrected chi connectivity index (χ3v) is 2.69. The molecule has 1 aromatic carbocycles. The van der Waals surface area contributed by atoms with Gasteiger partial charge in [-0.1, -0.05) is 6.07 Å². The van der Waals surface area contributed by atoms with Gasteiger partial charge in [0.25, 0.3) is 0 Å². The van der Waals surface area contributed by atoms with Gasteiger partial charge >= 0.3 is 5.97 Å². The van der Waals surface area contributed by atoms with E-state index in [1.54, 1.807) is 0 Å². The van der Waals surface area contributed by atoms with Crippen molar-refractivity contribution in [1.29, 1.82) is 0 Å². The second-order valence-electron chi connectivity index (χ2n) is 4.15. The molecule has 0 bridgehead atoms. The van der Waals surface area contributed by atoms with Crippen LogP contribution < -0.4 is 5.32 Å². The Morgan fingerprint density at radius 1 is 1.32 bits per heavy atom. The first-order valence-corrected chi connectivity index (χ1v) is 5.87. The van der Waals surface area contributed by atoms with E-state index < -0.39 is 29.4 Å². The predicted molar refractivity (Wildman–Crippen MR) is 64.7 cm³/mol. The lowest BCUT2D eigenvalue weighted by atomic mass is 9.99. The third-order valence-electron chi connectivity index (χ3n) is 2.69. The van der Waals surface area contributed by atoms with Gasteiger partial charge in [0.05, 0.1) is 5.92 Å². The molecular formula is C13H15F2NO3. The zero-order chi connectivity index (χ0) is 14.4. The topological polar surface area (TPSA) is 66.4 Å². The maximum atomic E-state index is 13.5. The van der Waals surface area contributed by atoms with Crippen molar-refractivity contribution in [2.75, 3.05) is 6.54 Å². The van der Waals surface area contributed by atoms with Crippen LogP contribution in [-0.4, -0.2) is 23.5 Å². The van der Waals surface area contributed by atoms with Gasteiger partial charge < -0.3 is 10.4 Å². The average Bonchev–Trinajstić information content (AvgIpc) is 2.33. The van der Waals surface area contributed by atoms with Crippen LogP contribution in [0.25, 0.3) is 0 Å². The minimum absolute atomic E-state index is 0.0667. The lowest BCUT2D eigenvalue weighted by Gasteiger charge is -2.13. The van der Waals surface area contributed by atoms with Crippen LogP contribution in [0.4, 0.5) is 8.78 Å². The van der Waals surface area contributed by atoms with Crippen LogP contribution in [0, 0.1) is 11.6 Å². The summed E-state index contributed by atoms with van der Waals surface area (Å²) < 4.78 is 26.9. The van der Waals surface area contributed by atoms with Crippen LogP contribution in [0.1, 0.15) is 31.2 Å². The average molecular weight is 271 g/mol. The summed E-state index contributed by atoms with van der Waals surface area (Å²) in [5.41, 5.74) is -0.279. The summed E-state index contributed by atoms with van der Waals surface area (Å²) in [7, 11) is 0. The SMILES string of the molecule is CC(C(=O)NCCCC(=O)O)c1c(F)cccc1F. The highest BCUT2D eigenvalue weighted by molar-refractivity contribution is 5.83. The largest absolute Gasteiger partial charge is 0.481 e. The smallest absolute Gasteiger partial charge is 0.303 e. The summed E-state index contributed by atoms with van der Waals surface area (Å²) in [5, 5.41) is 10.9. The molecule has 0 radical (unpaired) electrons. The summed E-state index contributed by atoms with van der Waals surface area (Å²) in [6.07, 6.45) is 0.205. The van der Waals surface area contributed by atoms with Crippen LogP contribution in [0.15, 0.2) is 18.2 Å². The lowest BCUT2D eigenvalue weighted by molar-refractivity contribution is -0.137. The molecule has 0 aliphatic rings. The number of amides is 1. The summed E-state index contributed by atoms with van der Waals surface area (Å²) in [6, 6.07) is 3.41. The van der Waals surface area contributed by atoms with Crippen LogP contribution in [0.2, 0.25) is 0 Å². The lowest BCUT2D eigenvalue weighted by Crippen LogP contribution is -2.30. The van der Waals surface area contributed by atoms with Crippen LogP contribution in [0.3, 0.4) is 0 Å². The summed E-state index contributed by atoms with van der Waals surface area (Å²) >= 11 is 0. The second-order valence-corrected chi connectivity index (χ2v) is 4.15. The first kappa shape index (κ1) is 15.1. The summed E-state index contributed by atoms with van der Waals surface area (Å²) in [5.74, 6) is -4.00. The van der Waals surface area contributed by atoms with Crippen LogP contribution >= 0.6 is 0 Å². The predicted octanol–water partition coefficient (Wildman–Crippen LogP) is 2.05. The molecule has 1 amide bonds. The van der Waals surface area contributed by atoms with Crippen LogP contribution in [0.5, 0.6) is 0 Å². The Balaban J connectivity index is 2.59. The van der Waals surface area contributed by atoms with Crippen molar-refractivity contribution in [2.45, 2.75) is 25.7 Å². The normalized spacial score (nSPS) is 11.9. The first-order chi connectivity index (χ1) is 8.93. The number of carboxylic acids is 1. The van der Waals surface area contributed by atoms with E-state index in [0.717, 1.165) is 12.1 Å². The maximum Gasteiger partial charge on any atom is 0.303 e. The fourth-order valence-corrected chi connectivity index (χ4v) is 1.66. The van der Waals surface area contributed by atoms with E-state index in [0.29, 0.717) is 0 Å². The number of carbonyl (C=O) groups excluding carboxylic acids is 1. The molecule has 0 aromatic heterocycles. The Labute approximate surface area is 109 Å². The van der Waals surface area contributed by atoms with Gasteiger partial charge in [-0.25, -0.2) is 8.78 Å². The zero-order valence-electron chi connectivity index (χ0n) is 10.5. The Bertz CT molecular complexity index is 457. The molecule has 19 heavy (non-hydrogen) atoms. The van der Waals surface area contributed by atoms with Gasteiger partial charge in [-0.05, 0) is 25.5 Å². The highest BCUT2D eigenvalue weighted by Crippen LogP contribution is 2.22. The summed E-state index contributed by atoms with van der Waals surface area (Å²) in [4.78, 5) is 22.0. The van der Waals surface area contributed by atoms with E-state index in [4.69, 9.17) is 5.11 Å². The molecule has 0 saturated heterocycles. The fourth-order valence-electron chi connectivity index (χ4n) is 1.66. The van der Waals surface area contributed by atoms with Gasteiger partial charge in [-0.15, -0.1) is 0 Å². The second kappa shape index (κ2) is 6.82. The Hall–Kier alpha value is -1.98. The molecule has 1 atom stereocenters. The fraction of sp³-hybridized carbons (Fsp3) is 0.385. The van der Waals surface area contributed by atoms with Crippen molar-refractivity contribution in [3.63, 3.8) is 0 Å². The summed E-state index contributed by atoms with van der Waals surface area (Å²) in [6.45, 7) is 1.56. The van der Waals surface area contributed by atoms with E-state index in [-0.39, 0.29) is 24.9 Å². The molecule has 0 aliphatic heterocycles. The van der Waals surface area contributed by atoms with Gasteiger partial charge in [-0.3, -0.25) is 9.59 Å². The van der Waals surface area contributed by atoms with Crippen molar-refractivity contribution in [3.8, 4) is 0 Å². The van der Waals surface area contributed by atoms with E-state index in [2.05, 4.69) is 5.32 Å². The molecule has 0 aliphatic carbocycles. The first-order valence-electron chi connectivity index (χ1n) is 5.87. The molecular weight excluding hydrogens is 256 g/mol. The van der Waals surface area contributed by atoms with Gasteiger partial charge in [0.2, 0.25) is 5.91 Å². The monoisotopic (exact) mass is 271 g/mol. The number of benzene rings is 1. The molecule has 0 spiro atoms. The molecule has 0 saturated carbocycles. The minimum Gasteiger partial charge on any atom is -0.481 e. The maximum absolute atomic E-state index is 13.5. The van der Waals surface area contributed by atoms with E-state index in [1.165, 1.54) is 13.0 Å². The van der Waals surface area contributed by atoms with Gasteiger partial charge in [0.15, 0.2) is 0 Å².